The first-order valence-electron chi connectivity index (χ1n) is 5.56. The Bertz CT molecular complexity index is 614. The second-order valence-corrected chi connectivity index (χ2v) is 4.51. The smallest absolute Gasteiger partial charge is 0.0790 e. The van der Waals surface area contributed by atoms with Gasteiger partial charge in [-0.15, -0.1) is 0 Å². The lowest BCUT2D eigenvalue weighted by molar-refractivity contribution is 0.204. The van der Waals surface area contributed by atoms with Crippen molar-refractivity contribution in [3.63, 3.8) is 0 Å². The summed E-state index contributed by atoms with van der Waals surface area (Å²) in [5.74, 6) is 2.96. The molecule has 4 heteroatoms. The van der Waals surface area contributed by atoms with Crippen molar-refractivity contribution < 1.29 is 4.84 Å². The first kappa shape index (κ1) is 13.8. The highest BCUT2D eigenvalue weighted by molar-refractivity contribution is 6.31. The van der Waals surface area contributed by atoms with E-state index in [9.17, 15) is 0 Å². The Morgan fingerprint density at radius 2 is 1.68 bits per heavy atom. The number of hydrogen-bond acceptors (Lipinski definition) is 2. The van der Waals surface area contributed by atoms with Crippen LogP contribution in [-0.4, -0.2) is 7.11 Å². The van der Waals surface area contributed by atoms with E-state index in [1.54, 1.807) is 25.3 Å². The van der Waals surface area contributed by atoms with Crippen LogP contribution in [-0.2, 0) is 4.84 Å². The minimum absolute atomic E-state index is 0.613. The predicted octanol–water partition coefficient (Wildman–Crippen LogP) is 4.37. The number of halogens is 2. The van der Waals surface area contributed by atoms with E-state index < -0.39 is 0 Å². The average molecular weight is 292 g/mol. The molecule has 2 aromatic carbocycles. The summed E-state index contributed by atoms with van der Waals surface area (Å²) in [7, 11) is 1.55. The summed E-state index contributed by atoms with van der Waals surface area (Å²) in [4.78, 5) is 5.21. The maximum Gasteiger partial charge on any atom is 0.0790 e. The van der Waals surface area contributed by atoms with Gasteiger partial charge in [0.25, 0.3) is 0 Å². The molecule has 0 bridgehead atoms. The Morgan fingerprint density at radius 3 is 2.32 bits per heavy atom. The molecule has 0 aliphatic carbocycles. The van der Waals surface area contributed by atoms with Crippen molar-refractivity contribution in [3.05, 3.63) is 64.1 Å². The number of anilines is 1. The van der Waals surface area contributed by atoms with E-state index in [2.05, 4.69) is 12.0 Å². The third-order valence-corrected chi connectivity index (χ3v) is 2.99. The van der Waals surface area contributed by atoms with E-state index >= 15 is 0 Å². The summed E-state index contributed by atoms with van der Waals surface area (Å²) in [5.41, 5.74) is 1.55. The molecule has 0 atom stereocenters. The van der Waals surface area contributed by atoms with Crippen molar-refractivity contribution in [2.24, 2.45) is 0 Å². The van der Waals surface area contributed by atoms with Crippen LogP contribution < -0.4 is 5.06 Å². The van der Waals surface area contributed by atoms with Gasteiger partial charge in [-0.1, -0.05) is 35.3 Å². The van der Waals surface area contributed by atoms with Crippen molar-refractivity contribution in [1.82, 2.24) is 0 Å². The summed E-state index contributed by atoms with van der Waals surface area (Å²) < 4.78 is 0. The van der Waals surface area contributed by atoms with Gasteiger partial charge < -0.3 is 0 Å². The van der Waals surface area contributed by atoms with Crippen molar-refractivity contribution in [2.45, 2.75) is 0 Å². The van der Waals surface area contributed by atoms with Crippen LogP contribution in [0, 0.1) is 12.0 Å². The second-order valence-electron chi connectivity index (χ2n) is 3.67. The molecular weight excluding hydrogens is 281 g/mol. The molecule has 19 heavy (non-hydrogen) atoms. The number of nitrogens with zero attached hydrogens (tertiary/aromatic N) is 1. The summed E-state index contributed by atoms with van der Waals surface area (Å²) in [6, 6.07) is 17.5. The topological polar surface area (TPSA) is 12.5 Å². The molecule has 0 saturated heterocycles. The van der Waals surface area contributed by atoms with Gasteiger partial charge in [0.2, 0.25) is 0 Å². The molecule has 0 heterocycles. The molecule has 0 radical (unpaired) electrons. The van der Waals surface area contributed by atoms with Gasteiger partial charge in [-0.2, -0.15) is 5.06 Å². The normalized spacial score (nSPS) is 9.63. The first-order chi connectivity index (χ1) is 9.20. The molecule has 0 aliphatic rings. The quantitative estimate of drug-likeness (QED) is 0.463. The highest BCUT2D eigenvalue weighted by atomic mass is 35.5. The molecule has 0 fully saturated rings. The van der Waals surface area contributed by atoms with Crippen molar-refractivity contribution in [2.75, 3.05) is 12.2 Å². The summed E-state index contributed by atoms with van der Waals surface area (Å²) >= 11 is 11.9. The summed E-state index contributed by atoms with van der Waals surface area (Å²) in [5, 5.41) is 2.74. The SMILES string of the molecule is CON(C#Cc1ccccc1Cl)c1ccc(Cl)cc1. The van der Waals surface area contributed by atoms with E-state index in [0.717, 1.165) is 11.3 Å². The van der Waals surface area contributed by atoms with Crippen LogP contribution >= 0.6 is 23.2 Å². The van der Waals surface area contributed by atoms with Crippen LogP contribution in [0.15, 0.2) is 48.5 Å². The number of rotatable bonds is 2. The molecule has 96 valence electrons. The van der Waals surface area contributed by atoms with Gasteiger partial charge in [0.1, 0.15) is 0 Å². The summed E-state index contributed by atoms with van der Waals surface area (Å²) in [6.07, 6.45) is 0. The lowest BCUT2D eigenvalue weighted by Crippen LogP contribution is -2.14. The fourth-order valence-electron chi connectivity index (χ4n) is 1.47. The third-order valence-electron chi connectivity index (χ3n) is 2.41. The number of hydroxylamine groups is 1. The zero-order valence-electron chi connectivity index (χ0n) is 10.2. The zero-order chi connectivity index (χ0) is 13.7. The Balaban J connectivity index is 2.25. The molecular formula is C15H11Cl2NO. The maximum atomic E-state index is 6.04. The van der Waals surface area contributed by atoms with Crippen LogP contribution in [0.4, 0.5) is 5.69 Å². The Labute approximate surface area is 122 Å². The standard InChI is InChI=1S/C15H11Cl2NO/c1-19-18(14-8-6-13(16)7-9-14)11-10-12-4-2-3-5-15(12)17/h2-9H,1H3. The van der Waals surface area contributed by atoms with Gasteiger partial charge in [-0.25, -0.2) is 0 Å². The second kappa shape index (κ2) is 6.49. The Kier molecular flexibility index (Phi) is 4.70. The van der Waals surface area contributed by atoms with E-state index in [1.165, 1.54) is 5.06 Å². The van der Waals surface area contributed by atoms with Gasteiger partial charge in [0, 0.05) is 16.6 Å². The molecule has 0 aromatic heterocycles. The lowest BCUT2D eigenvalue weighted by atomic mass is 10.2. The largest absolute Gasteiger partial charge is 0.264 e. The molecule has 0 aliphatic heterocycles. The monoisotopic (exact) mass is 291 g/mol. The highest BCUT2D eigenvalue weighted by Crippen LogP contribution is 2.18. The van der Waals surface area contributed by atoms with E-state index in [-0.39, 0.29) is 0 Å². The van der Waals surface area contributed by atoms with Gasteiger partial charge >= 0.3 is 0 Å². The third kappa shape index (κ3) is 3.65. The first-order valence-corrected chi connectivity index (χ1v) is 6.32. The average Bonchev–Trinajstić information content (AvgIpc) is 2.43. The zero-order valence-corrected chi connectivity index (χ0v) is 11.7. The molecule has 0 amide bonds. The number of hydrogen-bond donors (Lipinski definition) is 0. The van der Waals surface area contributed by atoms with Gasteiger partial charge in [-0.05, 0) is 42.3 Å². The fourth-order valence-corrected chi connectivity index (χ4v) is 1.77. The maximum absolute atomic E-state index is 6.04. The lowest BCUT2D eigenvalue weighted by Gasteiger charge is -2.13. The summed E-state index contributed by atoms with van der Waals surface area (Å²) in [6.45, 7) is 0. The van der Waals surface area contributed by atoms with Crippen molar-refractivity contribution in [1.29, 1.82) is 0 Å². The molecule has 0 spiro atoms. The van der Waals surface area contributed by atoms with Gasteiger partial charge in [0.15, 0.2) is 0 Å². The minimum atomic E-state index is 0.613. The highest BCUT2D eigenvalue weighted by Gasteiger charge is 2.02. The molecule has 2 rings (SSSR count). The fraction of sp³-hybridized carbons (Fsp3) is 0.0667. The van der Waals surface area contributed by atoms with E-state index in [4.69, 9.17) is 28.0 Å². The van der Waals surface area contributed by atoms with Crippen LogP contribution in [0.5, 0.6) is 0 Å². The predicted molar refractivity (Wildman–Crippen MR) is 79.3 cm³/mol. The minimum Gasteiger partial charge on any atom is -0.264 e. The van der Waals surface area contributed by atoms with Crippen LogP contribution in [0.3, 0.4) is 0 Å². The van der Waals surface area contributed by atoms with Gasteiger partial charge in [-0.3, -0.25) is 4.84 Å². The molecule has 2 nitrogen and oxygen atoms in total. The van der Waals surface area contributed by atoms with E-state index in [1.807, 2.05) is 30.3 Å². The molecule has 0 saturated carbocycles. The van der Waals surface area contributed by atoms with Crippen LogP contribution in [0.2, 0.25) is 10.0 Å². The van der Waals surface area contributed by atoms with Crippen molar-refractivity contribution >= 4 is 28.9 Å². The van der Waals surface area contributed by atoms with Crippen LogP contribution in [0.1, 0.15) is 5.56 Å². The Hall–Kier alpha value is -1.66. The molecule has 0 N–H and O–H groups in total. The van der Waals surface area contributed by atoms with Crippen molar-refractivity contribution in [3.8, 4) is 12.0 Å². The Morgan fingerprint density at radius 1 is 1.00 bits per heavy atom. The van der Waals surface area contributed by atoms with Crippen LogP contribution in [0.25, 0.3) is 0 Å². The number of benzene rings is 2. The van der Waals surface area contributed by atoms with Gasteiger partial charge in [0.05, 0.1) is 17.8 Å². The molecule has 2 aromatic rings. The van der Waals surface area contributed by atoms with E-state index in [0.29, 0.717) is 10.0 Å². The molecule has 0 unspecified atom stereocenters.